The van der Waals surface area contributed by atoms with Crippen molar-refractivity contribution in [2.24, 2.45) is 0 Å². The molecular weight excluding hydrogens is 358 g/mol. The van der Waals surface area contributed by atoms with Gasteiger partial charge in [-0.3, -0.25) is 0 Å². The summed E-state index contributed by atoms with van der Waals surface area (Å²) in [6.07, 6.45) is 1.72. The van der Waals surface area contributed by atoms with E-state index in [2.05, 4.69) is 13.1 Å². The van der Waals surface area contributed by atoms with Crippen LogP contribution in [0, 0.1) is 0 Å². The quantitative estimate of drug-likeness (QED) is 0.789. The highest BCUT2D eigenvalue weighted by Gasteiger charge is 2.37. The predicted octanol–water partition coefficient (Wildman–Crippen LogP) is 1.54. The normalized spacial score (nSPS) is 21.1. The maximum atomic E-state index is 10.9. The van der Waals surface area contributed by atoms with Gasteiger partial charge in [-0.2, -0.15) is 0 Å². The average molecular weight is 386 g/mol. The highest BCUT2D eigenvalue weighted by molar-refractivity contribution is 5.61. The van der Waals surface area contributed by atoms with E-state index in [0.717, 1.165) is 41.3 Å². The van der Waals surface area contributed by atoms with Gasteiger partial charge in [0.2, 0.25) is 12.5 Å². The fraction of sp³-hybridized carbons (Fsp3) is 0.455. The van der Waals surface area contributed by atoms with Crippen molar-refractivity contribution >= 4 is 0 Å². The number of hydrogen-bond donors (Lipinski definition) is 2. The van der Waals surface area contributed by atoms with Crippen LogP contribution in [0.5, 0.6) is 23.0 Å². The molecule has 2 N–H and O–H groups in total. The van der Waals surface area contributed by atoms with Gasteiger partial charge in [-0.05, 0) is 35.7 Å². The fourth-order valence-corrected chi connectivity index (χ4v) is 4.37. The van der Waals surface area contributed by atoms with Crippen molar-refractivity contribution in [2.75, 3.05) is 34.6 Å². The van der Waals surface area contributed by atoms with Crippen molar-refractivity contribution in [1.29, 1.82) is 0 Å². The Bertz CT molecular complexity index is 853. The van der Waals surface area contributed by atoms with Crippen LogP contribution < -0.4 is 23.8 Å². The van der Waals surface area contributed by atoms with Gasteiger partial charge in [0.1, 0.15) is 11.8 Å². The zero-order valence-corrected chi connectivity index (χ0v) is 16.7. The molecule has 6 heteroatoms. The van der Waals surface area contributed by atoms with E-state index in [-0.39, 0.29) is 12.8 Å². The number of ether oxygens (including phenoxy) is 4. The van der Waals surface area contributed by atoms with Crippen molar-refractivity contribution in [3.05, 3.63) is 47.0 Å². The Kier molecular flexibility index (Phi) is 5.33. The Morgan fingerprint density at radius 3 is 2.86 bits per heavy atom. The maximum Gasteiger partial charge on any atom is 0.231 e. The third-order valence-electron chi connectivity index (χ3n) is 5.79. The minimum absolute atomic E-state index is 0.133. The third-order valence-corrected chi connectivity index (χ3v) is 5.79. The van der Waals surface area contributed by atoms with Gasteiger partial charge >= 0.3 is 0 Å². The van der Waals surface area contributed by atoms with E-state index in [4.69, 9.17) is 18.9 Å². The van der Waals surface area contributed by atoms with Crippen molar-refractivity contribution in [1.82, 2.24) is 0 Å². The summed E-state index contributed by atoms with van der Waals surface area (Å²) in [6, 6.07) is 10.1. The minimum Gasteiger partial charge on any atom is -0.497 e. The van der Waals surface area contributed by atoms with Crippen LogP contribution in [-0.4, -0.2) is 45.8 Å². The summed E-state index contributed by atoms with van der Waals surface area (Å²) >= 11 is 0. The lowest BCUT2D eigenvalue weighted by atomic mass is 9.87. The lowest BCUT2D eigenvalue weighted by molar-refractivity contribution is -0.915. The second-order valence-electron chi connectivity index (χ2n) is 7.56. The summed E-state index contributed by atoms with van der Waals surface area (Å²) in [7, 11) is 5.50. The van der Waals surface area contributed by atoms with Gasteiger partial charge in [-0.1, -0.05) is 12.1 Å². The molecule has 0 aliphatic carbocycles. The van der Waals surface area contributed by atoms with Crippen LogP contribution in [0.25, 0.3) is 0 Å². The average Bonchev–Trinajstić information content (AvgIpc) is 3.17. The molecule has 2 aliphatic rings. The van der Waals surface area contributed by atoms with Gasteiger partial charge in [0.25, 0.3) is 0 Å². The summed E-state index contributed by atoms with van der Waals surface area (Å²) in [5, 5.41) is 10.9. The Morgan fingerprint density at radius 2 is 2.07 bits per heavy atom. The van der Waals surface area contributed by atoms with Crippen molar-refractivity contribution in [3.63, 3.8) is 0 Å². The number of quaternary nitrogens is 1. The highest BCUT2D eigenvalue weighted by Crippen LogP contribution is 2.48. The van der Waals surface area contributed by atoms with Crippen LogP contribution in [-0.2, 0) is 12.8 Å². The number of likely N-dealkylation sites (N-methyl/N-ethyl adjacent to an activating group) is 1. The largest absolute Gasteiger partial charge is 0.497 e. The Balaban J connectivity index is 1.60. The monoisotopic (exact) mass is 386 g/mol. The van der Waals surface area contributed by atoms with E-state index in [1.165, 1.54) is 10.5 Å². The SMILES string of the molecule is COc1cccc(C[C@@H](O)C[C@@H]2c3c(cc4c(c3OC)OCO4)CC[NH+]2C)c1. The summed E-state index contributed by atoms with van der Waals surface area (Å²) in [6.45, 7) is 1.23. The van der Waals surface area contributed by atoms with E-state index in [0.29, 0.717) is 18.6 Å². The first-order valence-electron chi connectivity index (χ1n) is 9.73. The summed E-state index contributed by atoms with van der Waals surface area (Å²) in [5.41, 5.74) is 3.43. The molecule has 1 unspecified atom stereocenters. The maximum absolute atomic E-state index is 10.9. The van der Waals surface area contributed by atoms with E-state index >= 15 is 0 Å². The fourth-order valence-electron chi connectivity index (χ4n) is 4.37. The molecule has 0 spiro atoms. The number of aliphatic hydroxyl groups is 1. The molecular formula is C22H28NO5+. The lowest BCUT2D eigenvalue weighted by Gasteiger charge is -2.34. The van der Waals surface area contributed by atoms with Gasteiger partial charge in [0, 0.05) is 12.8 Å². The molecule has 0 saturated heterocycles. The molecule has 0 bridgehead atoms. The molecule has 0 amide bonds. The molecule has 0 aromatic heterocycles. The molecule has 0 radical (unpaired) electrons. The van der Waals surface area contributed by atoms with Gasteiger partial charge in [-0.15, -0.1) is 0 Å². The van der Waals surface area contributed by atoms with E-state index in [1.54, 1.807) is 14.2 Å². The third kappa shape index (κ3) is 3.50. The molecule has 0 fully saturated rings. The van der Waals surface area contributed by atoms with Crippen LogP contribution in [0.1, 0.15) is 29.2 Å². The van der Waals surface area contributed by atoms with Gasteiger partial charge < -0.3 is 29.0 Å². The van der Waals surface area contributed by atoms with Crippen LogP contribution in [0.15, 0.2) is 30.3 Å². The van der Waals surface area contributed by atoms with Crippen LogP contribution in [0.4, 0.5) is 0 Å². The van der Waals surface area contributed by atoms with E-state index < -0.39 is 6.10 Å². The minimum atomic E-state index is -0.465. The molecule has 4 rings (SSSR count). The molecule has 28 heavy (non-hydrogen) atoms. The number of fused-ring (bicyclic) bond motifs is 2. The lowest BCUT2D eigenvalue weighted by Crippen LogP contribution is -3.10. The smallest absolute Gasteiger partial charge is 0.231 e. The van der Waals surface area contributed by atoms with Crippen LogP contribution >= 0.6 is 0 Å². The van der Waals surface area contributed by atoms with Gasteiger partial charge in [-0.25, -0.2) is 0 Å². The molecule has 2 aliphatic heterocycles. The van der Waals surface area contributed by atoms with Gasteiger partial charge in [0.05, 0.1) is 39.5 Å². The molecule has 150 valence electrons. The van der Waals surface area contributed by atoms with E-state index in [9.17, 15) is 5.11 Å². The Hall–Kier alpha value is -2.44. The Labute approximate surface area is 165 Å². The molecule has 6 nitrogen and oxygen atoms in total. The first-order valence-corrected chi connectivity index (χ1v) is 9.73. The highest BCUT2D eigenvalue weighted by atomic mass is 16.7. The Morgan fingerprint density at radius 1 is 1.21 bits per heavy atom. The number of benzene rings is 2. The molecule has 2 heterocycles. The van der Waals surface area contributed by atoms with Gasteiger partial charge in [0.15, 0.2) is 11.5 Å². The van der Waals surface area contributed by atoms with Crippen molar-refractivity contribution in [3.8, 4) is 23.0 Å². The van der Waals surface area contributed by atoms with Crippen LogP contribution in [0.2, 0.25) is 0 Å². The summed E-state index contributed by atoms with van der Waals surface area (Å²) in [5.74, 6) is 3.00. The molecule has 2 aromatic rings. The predicted molar refractivity (Wildman–Crippen MR) is 105 cm³/mol. The van der Waals surface area contributed by atoms with Crippen LogP contribution in [0.3, 0.4) is 0 Å². The number of rotatable bonds is 6. The summed E-state index contributed by atoms with van der Waals surface area (Å²) < 4.78 is 22.3. The number of nitrogens with one attached hydrogen (secondary N) is 1. The molecule has 3 atom stereocenters. The second kappa shape index (κ2) is 7.89. The number of aliphatic hydroxyl groups excluding tert-OH is 1. The number of methoxy groups -OCH3 is 2. The van der Waals surface area contributed by atoms with Crippen molar-refractivity contribution in [2.45, 2.75) is 31.4 Å². The second-order valence-corrected chi connectivity index (χ2v) is 7.56. The van der Waals surface area contributed by atoms with E-state index in [1.807, 2.05) is 24.3 Å². The zero-order valence-electron chi connectivity index (χ0n) is 16.7. The standard InChI is InChI=1S/C22H27NO5/c1-23-8-7-15-11-19-21(28-13-27-19)22(26-3)20(15)18(23)12-16(24)9-14-5-4-6-17(10-14)25-2/h4-6,10-11,16,18,24H,7-9,12-13H2,1-3H3/p+1/t16-,18-/m1/s1. The zero-order chi connectivity index (χ0) is 19.7. The number of hydrogen-bond acceptors (Lipinski definition) is 5. The first-order chi connectivity index (χ1) is 13.6. The topological polar surface area (TPSA) is 61.6 Å². The molecule has 2 aromatic carbocycles. The molecule has 0 saturated carbocycles. The van der Waals surface area contributed by atoms with Crippen molar-refractivity contribution < 1.29 is 29.0 Å². The summed E-state index contributed by atoms with van der Waals surface area (Å²) in [4.78, 5) is 1.37. The first kappa shape index (κ1) is 18.9.